The van der Waals surface area contributed by atoms with Gasteiger partial charge in [0.2, 0.25) is 6.35 Å². The first-order valence-electron chi connectivity index (χ1n) is 9.85. The van der Waals surface area contributed by atoms with Crippen LogP contribution in [-0.4, -0.2) is 57.1 Å². The third-order valence-electron chi connectivity index (χ3n) is 5.30. The molecule has 162 valence electrons. The van der Waals surface area contributed by atoms with Gasteiger partial charge in [0, 0.05) is 32.3 Å². The maximum absolute atomic E-state index is 13.4. The fraction of sp³-hybridized carbons (Fsp3) is 0.273. The molecule has 2 heterocycles. The van der Waals surface area contributed by atoms with E-state index in [9.17, 15) is 19.4 Å². The number of imidazole rings is 1. The van der Waals surface area contributed by atoms with Crippen LogP contribution >= 0.6 is 11.6 Å². The number of carbonyl (C=O) groups excluding carboxylic acids is 1. The second kappa shape index (κ2) is 8.66. The van der Waals surface area contributed by atoms with Gasteiger partial charge in [-0.3, -0.25) is 9.69 Å². The molecule has 2 N–H and O–H groups in total. The molecule has 1 atom stereocenters. The molecule has 1 amide bonds. The highest BCUT2D eigenvalue weighted by atomic mass is 35.5. The Morgan fingerprint density at radius 3 is 2.55 bits per heavy atom. The van der Waals surface area contributed by atoms with Gasteiger partial charge in [0.15, 0.2) is 11.5 Å². The standard InChI is InChI=1S/C22H22ClFN4O3/c1-26-20-18(21(30)27(22(26)31)11-4-12-29)28(13-14-7-9-15(24)10-8-14)19(25-20)16-5-2-3-6-17(16)23/h2-3,5-10,22,29,31H,4,11-13H2,1H3. The Balaban J connectivity index is 1.89. The first-order chi connectivity index (χ1) is 14.9. The van der Waals surface area contributed by atoms with Gasteiger partial charge in [-0.1, -0.05) is 35.9 Å². The lowest BCUT2D eigenvalue weighted by Gasteiger charge is -2.38. The van der Waals surface area contributed by atoms with Crippen molar-refractivity contribution in [2.24, 2.45) is 0 Å². The molecule has 4 rings (SSSR count). The number of benzene rings is 2. The number of nitrogens with zero attached hydrogens (tertiary/aromatic N) is 4. The van der Waals surface area contributed by atoms with Gasteiger partial charge in [-0.25, -0.2) is 9.37 Å². The molecule has 2 aromatic carbocycles. The average molecular weight is 445 g/mol. The first-order valence-corrected chi connectivity index (χ1v) is 10.2. The number of rotatable bonds is 6. The molecular formula is C22H22ClFN4O3. The van der Waals surface area contributed by atoms with Gasteiger partial charge >= 0.3 is 0 Å². The summed E-state index contributed by atoms with van der Waals surface area (Å²) in [4.78, 5) is 20.8. The van der Waals surface area contributed by atoms with Crippen molar-refractivity contribution in [1.29, 1.82) is 0 Å². The van der Waals surface area contributed by atoms with Crippen LogP contribution in [0.1, 0.15) is 22.5 Å². The minimum Gasteiger partial charge on any atom is -0.396 e. The number of aromatic nitrogens is 2. The molecule has 1 aromatic heterocycles. The zero-order chi connectivity index (χ0) is 22.1. The second-order valence-electron chi connectivity index (χ2n) is 7.33. The molecule has 0 saturated carbocycles. The van der Waals surface area contributed by atoms with Crippen LogP contribution in [0.25, 0.3) is 11.4 Å². The number of halogens is 2. The fourth-order valence-corrected chi connectivity index (χ4v) is 3.91. The average Bonchev–Trinajstić information content (AvgIpc) is 3.13. The van der Waals surface area contributed by atoms with Gasteiger partial charge in [-0.15, -0.1) is 0 Å². The van der Waals surface area contributed by atoms with Crippen molar-refractivity contribution >= 4 is 23.3 Å². The Bertz CT molecular complexity index is 1100. The van der Waals surface area contributed by atoms with Gasteiger partial charge in [0.05, 0.1) is 5.02 Å². The number of amides is 1. The van der Waals surface area contributed by atoms with E-state index in [-0.39, 0.29) is 25.5 Å². The van der Waals surface area contributed by atoms with E-state index in [1.807, 2.05) is 12.1 Å². The molecule has 0 spiro atoms. The molecule has 7 nitrogen and oxygen atoms in total. The van der Waals surface area contributed by atoms with Crippen LogP contribution < -0.4 is 4.90 Å². The van der Waals surface area contributed by atoms with Gasteiger partial charge in [0.25, 0.3) is 5.91 Å². The molecule has 1 unspecified atom stereocenters. The lowest BCUT2D eigenvalue weighted by Crippen LogP contribution is -2.54. The molecule has 0 aliphatic carbocycles. The minimum atomic E-state index is -1.21. The van der Waals surface area contributed by atoms with Crippen LogP contribution in [0.2, 0.25) is 5.02 Å². The van der Waals surface area contributed by atoms with Crippen molar-refractivity contribution in [1.82, 2.24) is 14.5 Å². The highest BCUT2D eigenvalue weighted by Crippen LogP contribution is 2.36. The summed E-state index contributed by atoms with van der Waals surface area (Å²) in [5.74, 6) is 0.0462. The summed E-state index contributed by atoms with van der Waals surface area (Å²) in [6, 6.07) is 13.2. The van der Waals surface area contributed by atoms with E-state index >= 15 is 0 Å². The topological polar surface area (TPSA) is 81.8 Å². The Morgan fingerprint density at radius 1 is 1.16 bits per heavy atom. The SMILES string of the molecule is CN1c2nc(-c3ccccc3Cl)n(Cc3ccc(F)cc3)c2C(=O)N(CCCO)C1O. The molecule has 31 heavy (non-hydrogen) atoms. The highest BCUT2D eigenvalue weighted by molar-refractivity contribution is 6.33. The summed E-state index contributed by atoms with van der Waals surface area (Å²) in [6.45, 7) is 0.336. The molecule has 1 aliphatic rings. The molecule has 0 saturated heterocycles. The highest BCUT2D eigenvalue weighted by Gasteiger charge is 2.39. The normalized spacial score (nSPS) is 16.0. The lowest BCUT2D eigenvalue weighted by molar-refractivity contribution is 0.00114. The summed E-state index contributed by atoms with van der Waals surface area (Å²) in [6.07, 6.45) is -0.880. The number of aliphatic hydroxyl groups excluding tert-OH is 2. The number of anilines is 1. The van der Waals surface area contributed by atoms with Crippen molar-refractivity contribution < 1.29 is 19.4 Å². The Hall–Kier alpha value is -2.94. The van der Waals surface area contributed by atoms with E-state index in [0.29, 0.717) is 34.3 Å². The quantitative estimate of drug-likeness (QED) is 0.611. The lowest BCUT2D eigenvalue weighted by atomic mass is 10.1. The molecule has 0 bridgehead atoms. The minimum absolute atomic E-state index is 0.104. The van der Waals surface area contributed by atoms with Crippen LogP contribution in [0, 0.1) is 5.82 Å². The van der Waals surface area contributed by atoms with Crippen molar-refractivity contribution in [3.05, 3.63) is 70.6 Å². The van der Waals surface area contributed by atoms with E-state index in [0.717, 1.165) is 5.56 Å². The van der Waals surface area contributed by atoms with Crippen LogP contribution in [-0.2, 0) is 6.54 Å². The van der Waals surface area contributed by atoms with E-state index in [1.54, 1.807) is 35.9 Å². The maximum atomic E-state index is 13.4. The van der Waals surface area contributed by atoms with Crippen LogP contribution in [0.4, 0.5) is 10.2 Å². The van der Waals surface area contributed by atoms with E-state index in [4.69, 9.17) is 11.6 Å². The van der Waals surface area contributed by atoms with Crippen molar-refractivity contribution in [2.75, 3.05) is 25.1 Å². The summed E-state index contributed by atoms with van der Waals surface area (Å²) < 4.78 is 15.1. The number of hydrogen-bond acceptors (Lipinski definition) is 5. The Kier molecular flexibility index (Phi) is 5.95. The predicted octanol–water partition coefficient (Wildman–Crippen LogP) is 2.94. The third kappa shape index (κ3) is 3.89. The smallest absolute Gasteiger partial charge is 0.277 e. The van der Waals surface area contributed by atoms with Crippen molar-refractivity contribution in [3.63, 3.8) is 0 Å². The fourth-order valence-electron chi connectivity index (χ4n) is 3.69. The van der Waals surface area contributed by atoms with Crippen LogP contribution in [0.5, 0.6) is 0 Å². The van der Waals surface area contributed by atoms with E-state index in [2.05, 4.69) is 4.98 Å². The van der Waals surface area contributed by atoms with Crippen LogP contribution in [0.3, 0.4) is 0 Å². The molecule has 0 radical (unpaired) electrons. The molecule has 9 heteroatoms. The second-order valence-corrected chi connectivity index (χ2v) is 7.74. The predicted molar refractivity (Wildman–Crippen MR) is 115 cm³/mol. The van der Waals surface area contributed by atoms with E-state index < -0.39 is 12.3 Å². The van der Waals surface area contributed by atoms with Gasteiger partial charge in [-0.05, 0) is 36.2 Å². The maximum Gasteiger partial charge on any atom is 0.277 e. The summed E-state index contributed by atoms with van der Waals surface area (Å²) in [5.41, 5.74) is 1.71. The van der Waals surface area contributed by atoms with Crippen LogP contribution in [0.15, 0.2) is 48.5 Å². The Labute approximate surface area is 183 Å². The zero-order valence-electron chi connectivity index (χ0n) is 16.9. The number of carbonyl (C=O) groups is 1. The van der Waals surface area contributed by atoms with Crippen molar-refractivity contribution in [2.45, 2.75) is 19.3 Å². The van der Waals surface area contributed by atoms with Gasteiger partial charge in [0.1, 0.15) is 11.6 Å². The summed E-state index contributed by atoms with van der Waals surface area (Å²) in [7, 11) is 1.65. The molecule has 3 aromatic rings. The first kappa shape index (κ1) is 21.3. The number of fused-ring (bicyclic) bond motifs is 1. The molecule has 0 fully saturated rings. The number of hydrogen-bond donors (Lipinski definition) is 2. The third-order valence-corrected chi connectivity index (χ3v) is 5.63. The monoisotopic (exact) mass is 444 g/mol. The number of aliphatic hydroxyl groups is 2. The van der Waals surface area contributed by atoms with Gasteiger partial charge in [-0.2, -0.15) is 0 Å². The summed E-state index contributed by atoms with van der Waals surface area (Å²) >= 11 is 6.43. The van der Waals surface area contributed by atoms with E-state index in [1.165, 1.54) is 21.9 Å². The Morgan fingerprint density at radius 2 is 1.87 bits per heavy atom. The van der Waals surface area contributed by atoms with Gasteiger partial charge < -0.3 is 19.7 Å². The largest absolute Gasteiger partial charge is 0.396 e. The summed E-state index contributed by atoms with van der Waals surface area (Å²) in [5, 5.41) is 20.3. The zero-order valence-corrected chi connectivity index (χ0v) is 17.6. The van der Waals surface area contributed by atoms with Crippen molar-refractivity contribution in [3.8, 4) is 11.4 Å². The molecule has 1 aliphatic heterocycles. The molecular weight excluding hydrogens is 423 g/mol.